The first-order chi connectivity index (χ1) is 7.98. The maximum absolute atomic E-state index is 11.4. The third kappa shape index (κ3) is 11.9. The Morgan fingerprint density at radius 3 is 1.82 bits per heavy atom. The lowest BCUT2D eigenvalue weighted by Gasteiger charge is -2.02. The van der Waals surface area contributed by atoms with E-state index in [2.05, 4.69) is 6.92 Å². The number of carbonyl (C=O) groups is 1. The highest BCUT2D eigenvalue weighted by Crippen LogP contribution is 2.09. The van der Waals surface area contributed by atoms with E-state index in [9.17, 15) is 13.2 Å². The monoisotopic (exact) mass is 262 g/mol. The number of hydrogen-bond acceptors (Lipinski definition) is 3. The van der Waals surface area contributed by atoms with Gasteiger partial charge >= 0.3 is 0 Å². The van der Waals surface area contributed by atoms with E-state index in [0.29, 0.717) is 6.42 Å². The average molecular weight is 262 g/mol. The number of carbonyl (C=O) groups excluding carboxylic acids is 1. The normalized spacial score (nSPS) is 11.6. The minimum Gasteiger partial charge on any atom is -0.299 e. The Kier molecular flexibility index (Phi) is 9.41. The summed E-state index contributed by atoms with van der Waals surface area (Å²) >= 11 is 0. The fourth-order valence-corrected chi connectivity index (χ4v) is 3.25. The smallest absolute Gasteiger partial charge is 0.157 e. The molecule has 0 rings (SSSR count). The van der Waals surface area contributed by atoms with Gasteiger partial charge in [-0.15, -0.1) is 0 Å². The summed E-state index contributed by atoms with van der Waals surface area (Å²) in [6, 6.07) is 0. The highest BCUT2D eigenvalue weighted by Gasteiger charge is 2.12. The molecule has 0 saturated heterocycles. The largest absolute Gasteiger partial charge is 0.299 e. The van der Waals surface area contributed by atoms with Crippen molar-refractivity contribution < 1.29 is 13.2 Å². The van der Waals surface area contributed by atoms with Crippen LogP contribution >= 0.6 is 0 Å². The zero-order valence-corrected chi connectivity index (χ0v) is 12.0. The SMILES string of the molecule is CCCCCCCCCCS(=O)(=O)CC(C)=O. The second-order valence-corrected chi connectivity index (χ2v) is 6.95. The minimum atomic E-state index is -3.13. The van der Waals surface area contributed by atoms with E-state index in [0.717, 1.165) is 12.8 Å². The van der Waals surface area contributed by atoms with Crippen molar-refractivity contribution in [3.05, 3.63) is 0 Å². The highest BCUT2D eigenvalue weighted by molar-refractivity contribution is 7.92. The van der Waals surface area contributed by atoms with Gasteiger partial charge in [-0.25, -0.2) is 8.42 Å². The van der Waals surface area contributed by atoms with Crippen molar-refractivity contribution in [2.45, 2.75) is 65.2 Å². The molecule has 0 aliphatic heterocycles. The summed E-state index contributed by atoms with van der Waals surface area (Å²) in [5, 5.41) is 0. The first-order valence-electron chi connectivity index (χ1n) is 6.68. The van der Waals surface area contributed by atoms with Crippen molar-refractivity contribution in [2.24, 2.45) is 0 Å². The summed E-state index contributed by atoms with van der Waals surface area (Å²) in [6.45, 7) is 3.52. The number of hydrogen-bond donors (Lipinski definition) is 0. The molecular weight excluding hydrogens is 236 g/mol. The zero-order valence-electron chi connectivity index (χ0n) is 11.2. The molecule has 0 bridgehead atoms. The van der Waals surface area contributed by atoms with Crippen LogP contribution in [0.25, 0.3) is 0 Å². The van der Waals surface area contributed by atoms with Crippen LogP contribution in [0.1, 0.15) is 65.2 Å². The van der Waals surface area contributed by atoms with Gasteiger partial charge in [0.05, 0.1) is 5.75 Å². The van der Waals surface area contributed by atoms with Crippen LogP contribution in [-0.4, -0.2) is 25.7 Å². The molecule has 0 radical (unpaired) electrons. The van der Waals surface area contributed by atoms with Gasteiger partial charge in [0.1, 0.15) is 11.5 Å². The van der Waals surface area contributed by atoms with Gasteiger partial charge < -0.3 is 0 Å². The molecule has 4 heteroatoms. The molecule has 0 unspecified atom stereocenters. The molecule has 0 aromatic heterocycles. The fourth-order valence-electron chi connectivity index (χ4n) is 1.84. The van der Waals surface area contributed by atoms with Crippen molar-refractivity contribution in [1.29, 1.82) is 0 Å². The van der Waals surface area contributed by atoms with Crippen molar-refractivity contribution in [1.82, 2.24) is 0 Å². The van der Waals surface area contributed by atoms with Gasteiger partial charge in [0.2, 0.25) is 0 Å². The number of Topliss-reactive ketones (excluding diaryl/α,β-unsaturated/α-hetero) is 1. The number of ketones is 1. The van der Waals surface area contributed by atoms with Gasteiger partial charge in [-0.2, -0.15) is 0 Å². The predicted octanol–water partition coefficient (Wildman–Crippen LogP) is 3.13. The van der Waals surface area contributed by atoms with Crippen LogP contribution in [0, 0.1) is 0 Å². The van der Waals surface area contributed by atoms with Gasteiger partial charge in [0.15, 0.2) is 9.84 Å². The Morgan fingerprint density at radius 1 is 0.882 bits per heavy atom. The Bertz CT molecular complexity index is 294. The Labute approximate surface area is 106 Å². The lowest BCUT2D eigenvalue weighted by molar-refractivity contribution is -0.114. The van der Waals surface area contributed by atoms with Crippen molar-refractivity contribution >= 4 is 15.6 Å². The fraction of sp³-hybridized carbons (Fsp3) is 0.923. The van der Waals surface area contributed by atoms with E-state index in [1.54, 1.807) is 0 Å². The lowest BCUT2D eigenvalue weighted by atomic mass is 10.1. The van der Waals surface area contributed by atoms with Gasteiger partial charge in [-0.05, 0) is 13.3 Å². The second-order valence-electron chi connectivity index (χ2n) is 4.77. The zero-order chi connectivity index (χ0) is 13.1. The Balaban J connectivity index is 3.42. The van der Waals surface area contributed by atoms with E-state index in [4.69, 9.17) is 0 Å². The summed E-state index contributed by atoms with van der Waals surface area (Å²) in [5.41, 5.74) is 0. The molecule has 0 heterocycles. The van der Waals surface area contributed by atoms with Gasteiger partial charge in [0, 0.05) is 0 Å². The number of sulfone groups is 1. The molecule has 0 spiro atoms. The van der Waals surface area contributed by atoms with Crippen LogP contribution in [0.3, 0.4) is 0 Å². The van der Waals surface area contributed by atoms with E-state index in [1.165, 1.54) is 39.0 Å². The van der Waals surface area contributed by atoms with Crippen molar-refractivity contribution in [3.63, 3.8) is 0 Å². The van der Waals surface area contributed by atoms with Crippen LogP contribution < -0.4 is 0 Å². The third-order valence-electron chi connectivity index (χ3n) is 2.73. The molecule has 0 saturated carbocycles. The van der Waals surface area contributed by atoms with Gasteiger partial charge in [0.25, 0.3) is 0 Å². The molecule has 102 valence electrons. The Hall–Kier alpha value is -0.380. The quantitative estimate of drug-likeness (QED) is 0.537. The first-order valence-corrected chi connectivity index (χ1v) is 8.50. The summed E-state index contributed by atoms with van der Waals surface area (Å²) in [7, 11) is -3.13. The van der Waals surface area contributed by atoms with Crippen molar-refractivity contribution in [3.8, 4) is 0 Å². The molecule has 0 aliphatic rings. The lowest BCUT2D eigenvalue weighted by Crippen LogP contribution is -2.16. The minimum absolute atomic E-state index is 0.168. The molecular formula is C13H26O3S. The van der Waals surface area contributed by atoms with E-state index >= 15 is 0 Å². The number of rotatable bonds is 11. The standard InChI is InChI=1S/C13H26O3S/c1-3-4-5-6-7-8-9-10-11-17(15,16)12-13(2)14/h3-12H2,1-2H3. The number of unbranched alkanes of at least 4 members (excludes halogenated alkanes) is 7. The van der Waals surface area contributed by atoms with E-state index in [1.807, 2.05) is 0 Å². The second kappa shape index (κ2) is 9.63. The molecule has 0 aromatic rings. The van der Waals surface area contributed by atoms with Crippen LogP contribution in [0.15, 0.2) is 0 Å². The average Bonchev–Trinajstić information content (AvgIpc) is 2.20. The molecule has 0 atom stereocenters. The van der Waals surface area contributed by atoms with Gasteiger partial charge in [-0.3, -0.25) is 4.79 Å². The molecule has 0 aromatic carbocycles. The molecule has 0 N–H and O–H groups in total. The third-order valence-corrected chi connectivity index (χ3v) is 4.49. The topological polar surface area (TPSA) is 51.2 Å². The van der Waals surface area contributed by atoms with Crippen LogP contribution in [0.2, 0.25) is 0 Å². The Morgan fingerprint density at radius 2 is 1.35 bits per heavy atom. The predicted molar refractivity (Wildman–Crippen MR) is 71.9 cm³/mol. The van der Waals surface area contributed by atoms with E-state index in [-0.39, 0.29) is 17.3 Å². The van der Waals surface area contributed by atoms with Crippen LogP contribution in [-0.2, 0) is 14.6 Å². The molecule has 17 heavy (non-hydrogen) atoms. The summed E-state index contributed by atoms with van der Waals surface area (Å²) < 4.78 is 22.8. The summed E-state index contributed by atoms with van der Waals surface area (Å²) in [4.78, 5) is 10.7. The van der Waals surface area contributed by atoms with Crippen LogP contribution in [0.5, 0.6) is 0 Å². The van der Waals surface area contributed by atoms with E-state index < -0.39 is 9.84 Å². The maximum atomic E-state index is 11.4. The van der Waals surface area contributed by atoms with Crippen molar-refractivity contribution in [2.75, 3.05) is 11.5 Å². The molecule has 0 aliphatic carbocycles. The summed E-state index contributed by atoms with van der Waals surface area (Å²) in [5.74, 6) is -0.380. The first kappa shape index (κ1) is 16.6. The van der Waals surface area contributed by atoms with Crippen LogP contribution in [0.4, 0.5) is 0 Å². The highest BCUT2D eigenvalue weighted by atomic mass is 32.2. The molecule has 3 nitrogen and oxygen atoms in total. The van der Waals surface area contributed by atoms with Gasteiger partial charge in [-0.1, -0.05) is 51.9 Å². The molecule has 0 fully saturated rings. The maximum Gasteiger partial charge on any atom is 0.157 e. The summed E-state index contributed by atoms with van der Waals surface area (Å²) in [6.07, 6.45) is 9.07. The molecule has 0 amide bonds.